The third-order valence-electron chi connectivity index (χ3n) is 15.2. The Kier molecular flexibility index (Phi) is 9.10. The molecule has 2 aliphatic carbocycles. The first-order valence-electron chi connectivity index (χ1n) is 20.1. The fourth-order valence-corrected chi connectivity index (χ4v) is 12.2. The summed E-state index contributed by atoms with van der Waals surface area (Å²) in [5, 5.41) is 0. The minimum absolute atomic E-state index is 0.000190. The minimum atomic E-state index is -1.08. The van der Waals surface area contributed by atoms with Crippen LogP contribution < -0.4 is 0 Å². The average molecular weight is 748 g/mol. The molecule has 0 aromatic carbocycles. The maximum Gasteiger partial charge on any atom is 0.338 e. The Bertz CT molecular complexity index is 1490. The van der Waals surface area contributed by atoms with E-state index in [9.17, 15) is 13.6 Å². The molecule has 4 bridgehead atoms. The van der Waals surface area contributed by atoms with E-state index in [2.05, 4.69) is 32.7 Å². The molecular formula is C40H55F2NO10. The highest BCUT2D eigenvalue weighted by atomic mass is 19.1. The van der Waals surface area contributed by atoms with Crippen LogP contribution in [0.2, 0.25) is 0 Å². The van der Waals surface area contributed by atoms with Gasteiger partial charge < -0.3 is 23.7 Å². The third-order valence-corrected chi connectivity index (χ3v) is 15.2. The lowest BCUT2D eigenvalue weighted by atomic mass is 9.56. The normalized spacial score (nSPS) is 50.3. The number of fused-ring (bicyclic) bond motifs is 4. The minimum Gasteiger partial charge on any atom is -0.462 e. The molecule has 8 saturated heterocycles. The summed E-state index contributed by atoms with van der Waals surface area (Å²) in [6.45, 7) is 12.9. The molecule has 13 heteroatoms. The van der Waals surface area contributed by atoms with Crippen molar-refractivity contribution in [1.82, 2.24) is 4.98 Å². The first kappa shape index (κ1) is 36.8. The monoisotopic (exact) mass is 747 g/mol. The molecule has 0 amide bonds. The van der Waals surface area contributed by atoms with Crippen LogP contribution in [-0.4, -0.2) is 65.1 Å². The average Bonchev–Trinajstić information content (AvgIpc) is 3.49. The molecule has 1 aromatic heterocycles. The van der Waals surface area contributed by atoms with E-state index >= 15 is 0 Å². The molecule has 294 valence electrons. The van der Waals surface area contributed by atoms with E-state index in [1.54, 1.807) is 0 Å². The van der Waals surface area contributed by atoms with Gasteiger partial charge in [-0.15, -0.1) is 0 Å². The van der Waals surface area contributed by atoms with E-state index in [0.29, 0.717) is 24.7 Å². The Balaban J connectivity index is 1.00. The summed E-state index contributed by atoms with van der Waals surface area (Å²) in [6, 6.07) is 1.78. The maximum absolute atomic E-state index is 14.0. The van der Waals surface area contributed by atoms with Gasteiger partial charge in [-0.1, -0.05) is 27.7 Å². The Labute approximate surface area is 310 Å². The van der Waals surface area contributed by atoms with E-state index in [0.717, 1.165) is 63.5 Å². The summed E-state index contributed by atoms with van der Waals surface area (Å²) < 4.78 is 61.1. The van der Waals surface area contributed by atoms with E-state index in [-0.39, 0.29) is 65.8 Å². The summed E-state index contributed by atoms with van der Waals surface area (Å²) in [6.07, 6.45) is 6.81. The summed E-state index contributed by atoms with van der Waals surface area (Å²) in [5.41, 5.74) is -1.62. The van der Waals surface area contributed by atoms with Gasteiger partial charge in [0.05, 0.1) is 24.4 Å². The van der Waals surface area contributed by atoms with Gasteiger partial charge in [0.15, 0.2) is 23.8 Å². The van der Waals surface area contributed by atoms with Crippen molar-refractivity contribution < 1.29 is 56.8 Å². The van der Waals surface area contributed by atoms with Crippen molar-refractivity contribution in [2.24, 2.45) is 53.3 Å². The van der Waals surface area contributed by atoms with Crippen LogP contribution in [0.1, 0.15) is 116 Å². The van der Waals surface area contributed by atoms with Crippen LogP contribution >= 0.6 is 0 Å². The van der Waals surface area contributed by atoms with Crippen LogP contribution in [0, 0.1) is 65.2 Å². The van der Waals surface area contributed by atoms with Crippen molar-refractivity contribution in [2.75, 3.05) is 6.61 Å². The van der Waals surface area contributed by atoms with Crippen LogP contribution in [-0.2, 0) is 43.2 Å². The van der Waals surface area contributed by atoms with E-state index in [1.807, 2.05) is 13.8 Å². The third kappa shape index (κ3) is 5.84. The van der Waals surface area contributed by atoms with Crippen molar-refractivity contribution in [2.45, 2.75) is 153 Å². The highest BCUT2D eigenvalue weighted by molar-refractivity contribution is 5.89. The zero-order valence-corrected chi connectivity index (χ0v) is 31.7. The Morgan fingerprint density at radius 2 is 1.21 bits per heavy atom. The van der Waals surface area contributed by atoms with Gasteiger partial charge in [-0.25, -0.2) is 24.3 Å². The lowest BCUT2D eigenvalue weighted by Gasteiger charge is -2.61. The van der Waals surface area contributed by atoms with Crippen LogP contribution in [0.15, 0.2) is 12.1 Å². The molecule has 0 N–H and O–H groups in total. The summed E-state index contributed by atoms with van der Waals surface area (Å²) in [5.74, 6) is -3.21. The largest absolute Gasteiger partial charge is 0.462 e. The lowest BCUT2D eigenvalue weighted by molar-refractivity contribution is -0.571. The van der Waals surface area contributed by atoms with Crippen molar-refractivity contribution >= 4 is 5.97 Å². The Morgan fingerprint density at radius 3 is 1.68 bits per heavy atom. The van der Waals surface area contributed by atoms with Crippen molar-refractivity contribution in [3.05, 3.63) is 29.6 Å². The molecular weight excluding hydrogens is 692 g/mol. The number of esters is 1. The number of pyridine rings is 1. The van der Waals surface area contributed by atoms with Gasteiger partial charge in [-0.2, -0.15) is 13.8 Å². The number of carbonyl (C=O) groups excluding carboxylic acids is 1. The van der Waals surface area contributed by atoms with Gasteiger partial charge in [0.25, 0.3) is 0 Å². The molecule has 10 aliphatic rings. The molecule has 2 spiro atoms. The first-order valence-corrected chi connectivity index (χ1v) is 20.1. The van der Waals surface area contributed by atoms with Crippen LogP contribution in [0.25, 0.3) is 0 Å². The quantitative estimate of drug-likeness (QED) is 0.158. The van der Waals surface area contributed by atoms with Crippen LogP contribution in [0.3, 0.4) is 0 Å². The highest BCUT2D eigenvalue weighted by Crippen LogP contribution is 2.63. The van der Waals surface area contributed by atoms with Gasteiger partial charge in [0, 0.05) is 36.8 Å². The fourth-order valence-electron chi connectivity index (χ4n) is 12.2. The number of halogens is 2. The molecule has 2 saturated carbocycles. The Hall–Kier alpha value is -1.84. The topological polar surface area (TPSA) is 113 Å². The molecule has 53 heavy (non-hydrogen) atoms. The smallest absolute Gasteiger partial charge is 0.338 e. The van der Waals surface area contributed by atoms with Crippen molar-refractivity contribution in [3.63, 3.8) is 0 Å². The molecule has 16 atom stereocenters. The predicted molar refractivity (Wildman–Crippen MR) is 181 cm³/mol. The predicted octanol–water partition coefficient (Wildman–Crippen LogP) is 7.41. The highest BCUT2D eigenvalue weighted by Gasteiger charge is 2.71. The lowest BCUT2D eigenvalue weighted by Crippen LogP contribution is -2.70. The summed E-state index contributed by atoms with van der Waals surface area (Å²) in [4.78, 5) is 41.2. The number of rotatable bonds is 7. The molecule has 0 radical (unpaired) electrons. The van der Waals surface area contributed by atoms with Crippen LogP contribution in [0.4, 0.5) is 8.78 Å². The van der Waals surface area contributed by atoms with Crippen molar-refractivity contribution in [3.8, 4) is 0 Å². The van der Waals surface area contributed by atoms with Gasteiger partial charge in [0.2, 0.25) is 23.5 Å². The maximum atomic E-state index is 14.0. The SMILES string of the molecule is C[C@H]1[C@@H](CC(COC(=O)c2cc(F)nc(F)c2)C[C@H]2O[C@@H]3OC4(C)CC[C@H]5[C@H](C)CC[C@@H]([C@H]2C)[C@@]35OO4)O[C@@H]2OC3(C)CC[C@H]4[C@H](C)CC[C@@H]1[C@@]24OO3. The van der Waals surface area contributed by atoms with E-state index in [4.69, 9.17) is 43.2 Å². The second-order valence-electron chi connectivity index (χ2n) is 18.3. The van der Waals surface area contributed by atoms with Gasteiger partial charge >= 0.3 is 5.97 Å². The number of aromatic nitrogens is 1. The second kappa shape index (κ2) is 13.1. The van der Waals surface area contributed by atoms with Gasteiger partial charge in [0.1, 0.15) is 0 Å². The summed E-state index contributed by atoms with van der Waals surface area (Å²) >= 11 is 0. The van der Waals surface area contributed by atoms with E-state index in [1.165, 1.54) is 0 Å². The number of hydrogen-bond acceptors (Lipinski definition) is 11. The first-order chi connectivity index (χ1) is 25.2. The molecule has 10 fully saturated rings. The molecule has 2 unspecified atom stereocenters. The molecule has 8 aliphatic heterocycles. The standard InChI is InChI=1S/C40H55F2NO10/c1-20-7-9-28-22(3)30(46-35-39(28)26(20)11-13-37(5,48-35)50-52-39)15-24(19-45-34(44)25-17-32(41)43-33(42)18-25)16-31-23(4)29-10-8-21(2)27-12-14-38(6)49-36(47-31)40(27,29)53-51-38/h17-18,20-24,26-31,35-36H,7-16,19H2,1-6H3/t20-,21-,22-,23-,24?,26+,27+,28+,29+,30-,31-,35-,36-,37?,38?,39-,40-/m1/s1. The zero-order chi connectivity index (χ0) is 37.1. The summed E-state index contributed by atoms with van der Waals surface area (Å²) in [7, 11) is 0. The molecule has 11 nitrogen and oxygen atoms in total. The van der Waals surface area contributed by atoms with Gasteiger partial charge in [-0.3, -0.25) is 0 Å². The van der Waals surface area contributed by atoms with Crippen LogP contribution in [0.5, 0.6) is 0 Å². The van der Waals surface area contributed by atoms with Crippen molar-refractivity contribution in [1.29, 1.82) is 0 Å². The second-order valence-corrected chi connectivity index (χ2v) is 18.3. The zero-order valence-electron chi connectivity index (χ0n) is 31.7. The fraction of sp³-hybridized carbons (Fsp3) is 0.850. The van der Waals surface area contributed by atoms with Gasteiger partial charge in [-0.05, 0) is 107 Å². The van der Waals surface area contributed by atoms with E-state index < -0.39 is 53.2 Å². The Morgan fingerprint density at radius 1 is 0.736 bits per heavy atom. The molecule has 11 rings (SSSR count). The number of hydrogen-bond donors (Lipinski definition) is 0. The number of carbonyl (C=O) groups is 1. The molecule has 9 heterocycles. The number of ether oxygens (including phenoxy) is 5. The molecule has 1 aromatic rings. The number of nitrogens with zero attached hydrogens (tertiary/aromatic N) is 1.